The molecule has 1 heterocycles. The number of hydrogen-bond acceptors (Lipinski definition) is 3. The Labute approximate surface area is 122 Å². The van der Waals surface area contributed by atoms with E-state index in [1.807, 2.05) is 43.4 Å². The van der Waals surface area contributed by atoms with E-state index in [9.17, 15) is 0 Å². The summed E-state index contributed by atoms with van der Waals surface area (Å²) >= 11 is 7.52. The monoisotopic (exact) mass is 293 g/mol. The van der Waals surface area contributed by atoms with Gasteiger partial charge in [-0.15, -0.1) is 11.3 Å². The van der Waals surface area contributed by atoms with Gasteiger partial charge < -0.3 is 5.73 Å². The molecule has 0 aliphatic rings. The fourth-order valence-corrected chi connectivity index (χ4v) is 3.14. The Balaban J connectivity index is 2.06. The molecule has 0 spiro atoms. The average Bonchev–Trinajstić information content (AvgIpc) is 2.75. The van der Waals surface area contributed by atoms with Crippen molar-refractivity contribution in [3.8, 4) is 0 Å². The van der Waals surface area contributed by atoms with E-state index in [1.165, 1.54) is 4.88 Å². The quantitative estimate of drug-likeness (QED) is 0.656. The first-order valence-electron chi connectivity index (χ1n) is 5.91. The first-order valence-corrected chi connectivity index (χ1v) is 7.11. The molecule has 0 aliphatic heterocycles. The number of thiophene rings is 1. The van der Waals surface area contributed by atoms with E-state index in [2.05, 4.69) is 4.90 Å². The summed E-state index contributed by atoms with van der Waals surface area (Å²) in [6, 6.07) is 11.7. The molecule has 19 heavy (non-hydrogen) atoms. The molecule has 1 aromatic heterocycles. The van der Waals surface area contributed by atoms with Crippen LogP contribution < -0.4 is 5.73 Å². The Morgan fingerprint density at radius 3 is 2.63 bits per heavy atom. The molecule has 0 unspecified atom stereocenters. The van der Waals surface area contributed by atoms with Crippen LogP contribution >= 0.6 is 22.9 Å². The number of nitrogens with zero attached hydrogens (tertiary/aromatic N) is 1. The molecular formula is C14H16ClN3S. The Hall–Kier alpha value is -1.36. The van der Waals surface area contributed by atoms with Crippen molar-refractivity contribution in [2.45, 2.75) is 13.1 Å². The van der Waals surface area contributed by atoms with Gasteiger partial charge in [-0.2, -0.15) is 0 Å². The maximum Gasteiger partial charge on any atom is 0.123 e. The van der Waals surface area contributed by atoms with Crippen LogP contribution in [-0.2, 0) is 13.1 Å². The van der Waals surface area contributed by atoms with Crippen molar-refractivity contribution < 1.29 is 0 Å². The van der Waals surface area contributed by atoms with E-state index in [0.717, 1.165) is 28.6 Å². The van der Waals surface area contributed by atoms with E-state index in [0.29, 0.717) is 0 Å². The number of rotatable bonds is 5. The molecule has 1 aromatic carbocycles. The van der Waals surface area contributed by atoms with Crippen molar-refractivity contribution in [3.63, 3.8) is 0 Å². The molecule has 0 bridgehead atoms. The lowest BCUT2D eigenvalue weighted by molar-refractivity contribution is 0.322. The molecular weight excluding hydrogens is 278 g/mol. The van der Waals surface area contributed by atoms with Gasteiger partial charge in [-0.25, -0.2) is 0 Å². The van der Waals surface area contributed by atoms with Crippen LogP contribution in [0.4, 0.5) is 0 Å². The van der Waals surface area contributed by atoms with E-state index in [4.69, 9.17) is 22.7 Å². The van der Waals surface area contributed by atoms with Crippen LogP contribution in [0.15, 0.2) is 36.4 Å². The largest absolute Gasteiger partial charge is 0.384 e. The molecule has 0 radical (unpaired) electrons. The SMILES string of the molecule is CN(Cc1ccc(Cl)s1)Cc1ccccc1C(=N)N. The van der Waals surface area contributed by atoms with Gasteiger partial charge in [-0.3, -0.25) is 10.3 Å². The van der Waals surface area contributed by atoms with Crippen LogP contribution in [0.2, 0.25) is 4.34 Å². The second-order valence-electron chi connectivity index (χ2n) is 4.45. The number of halogens is 1. The maximum absolute atomic E-state index is 7.59. The predicted octanol–water partition coefficient (Wildman–Crippen LogP) is 3.32. The van der Waals surface area contributed by atoms with Crippen LogP contribution in [0.5, 0.6) is 0 Å². The molecule has 5 heteroatoms. The summed E-state index contributed by atoms with van der Waals surface area (Å²) in [4.78, 5) is 3.41. The predicted molar refractivity (Wildman–Crippen MR) is 82.0 cm³/mol. The second-order valence-corrected chi connectivity index (χ2v) is 6.25. The minimum Gasteiger partial charge on any atom is -0.384 e. The van der Waals surface area contributed by atoms with Gasteiger partial charge in [0.05, 0.1) is 4.34 Å². The molecule has 2 aromatic rings. The number of benzene rings is 1. The number of hydrogen-bond donors (Lipinski definition) is 2. The van der Waals surface area contributed by atoms with Crippen molar-refractivity contribution in [2.75, 3.05) is 7.05 Å². The summed E-state index contributed by atoms with van der Waals surface area (Å²) in [6.45, 7) is 1.59. The average molecular weight is 294 g/mol. The molecule has 0 atom stereocenters. The van der Waals surface area contributed by atoms with E-state index >= 15 is 0 Å². The topological polar surface area (TPSA) is 53.1 Å². The van der Waals surface area contributed by atoms with Gasteiger partial charge in [0.25, 0.3) is 0 Å². The van der Waals surface area contributed by atoms with Crippen molar-refractivity contribution in [3.05, 3.63) is 56.7 Å². The zero-order chi connectivity index (χ0) is 13.8. The van der Waals surface area contributed by atoms with Crippen molar-refractivity contribution in [2.24, 2.45) is 5.73 Å². The molecule has 0 fully saturated rings. The molecule has 0 saturated heterocycles. The molecule has 0 amide bonds. The highest BCUT2D eigenvalue weighted by Gasteiger charge is 2.08. The van der Waals surface area contributed by atoms with Crippen LogP contribution in [0.1, 0.15) is 16.0 Å². The normalized spacial score (nSPS) is 10.9. The highest BCUT2D eigenvalue weighted by atomic mass is 35.5. The van der Waals surface area contributed by atoms with Crippen molar-refractivity contribution in [1.29, 1.82) is 5.41 Å². The molecule has 3 N–H and O–H groups in total. The summed E-state index contributed by atoms with van der Waals surface area (Å²) in [5.74, 6) is 0.114. The third kappa shape index (κ3) is 3.80. The maximum atomic E-state index is 7.59. The zero-order valence-corrected chi connectivity index (χ0v) is 12.3. The Kier molecular flexibility index (Phi) is 4.58. The minimum absolute atomic E-state index is 0.114. The summed E-state index contributed by atoms with van der Waals surface area (Å²) < 4.78 is 0.813. The lowest BCUT2D eigenvalue weighted by Crippen LogP contribution is -2.20. The van der Waals surface area contributed by atoms with Gasteiger partial charge in [0, 0.05) is 23.5 Å². The van der Waals surface area contributed by atoms with Gasteiger partial charge in [-0.1, -0.05) is 35.9 Å². The smallest absolute Gasteiger partial charge is 0.123 e. The van der Waals surface area contributed by atoms with Gasteiger partial charge in [0.1, 0.15) is 5.84 Å². The zero-order valence-electron chi connectivity index (χ0n) is 10.7. The van der Waals surface area contributed by atoms with Crippen molar-refractivity contribution in [1.82, 2.24) is 4.90 Å². The molecule has 2 rings (SSSR count). The fraction of sp³-hybridized carbons (Fsp3) is 0.214. The van der Waals surface area contributed by atoms with Gasteiger partial charge >= 0.3 is 0 Å². The van der Waals surface area contributed by atoms with Gasteiger partial charge in [0.15, 0.2) is 0 Å². The lowest BCUT2D eigenvalue weighted by Gasteiger charge is -2.17. The molecule has 0 saturated carbocycles. The standard InChI is InChI=1S/C14H16ClN3S/c1-18(9-11-6-7-13(15)19-11)8-10-4-2-3-5-12(10)14(16)17/h2-7H,8-9H2,1H3,(H3,16,17). The Morgan fingerprint density at radius 1 is 1.26 bits per heavy atom. The first kappa shape index (κ1) is 14.1. The number of nitrogens with one attached hydrogen (secondary N) is 1. The summed E-state index contributed by atoms with van der Waals surface area (Å²) in [6.07, 6.45) is 0. The van der Waals surface area contributed by atoms with Crippen molar-refractivity contribution >= 4 is 28.8 Å². The summed E-state index contributed by atoms with van der Waals surface area (Å²) in [5, 5.41) is 7.59. The third-order valence-electron chi connectivity index (χ3n) is 2.80. The van der Waals surface area contributed by atoms with Crippen LogP contribution in [0, 0.1) is 5.41 Å². The number of nitrogen functional groups attached to an aromatic ring is 1. The third-order valence-corrected chi connectivity index (χ3v) is 4.02. The molecule has 3 nitrogen and oxygen atoms in total. The highest BCUT2D eigenvalue weighted by molar-refractivity contribution is 7.16. The minimum atomic E-state index is 0.114. The van der Waals surface area contributed by atoms with Gasteiger partial charge in [-0.05, 0) is 24.7 Å². The van der Waals surface area contributed by atoms with Crippen LogP contribution in [0.25, 0.3) is 0 Å². The lowest BCUT2D eigenvalue weighted by atomic mass is 10.1. The Bertz CT molecular complexity index is 580. The second kappa shape index (κ2) is 6.19. The molecule has 0 aliphatic carbocycles. The number of amidine groups is 1. The van der Waals surface area contributed by atoms with Gasteiger partial charge in [0.2, 0.25) is 0 Å². The number of nitrogens with two attached hydrogens (primary N) is 1. The van der Waals surface area contributed by atoms with E-state index < -0.39 is 0 Å². The summed E-state index contributed by atoms with van der Waals surface area (Å²) in [7, 11) is 2.05. The van der Waals surface area contributed by atoms with Crippen LogP contribution in [-0.4, -0.2) is 17.8 Å². The highest BCUT2D eigenvalue weighted by Crippen LogP contribution is 2.23. The van der Waals surface area contributed by atoms with Crippen LogP contribution in [0.3, 0.4) is 0 Å². The van der Waals surface area contributed by atoms with E-state index in [1.54, 1.807) is 11.3 Å². The van der Waals surface area contributed by atoms with E-state index in [-0.39, 0.29) is 5.84 Å². The summed E-state index contributed by atoms with van der Waals surface area (Å²) in [5.41, 5.74) is 7.47. The first-order chi connectivity index (χ1) is 9.06. The fourth-order valence-electron chi connectivity index (χ4n) is 1.97. The molecule has 100 valence electrons. The Morgan fingerprint density at radius 2 is 2.00 bits per heavy atom.